The Kier molecular flexibility index (Phi) is 3.75. The Labute approximate surface area is 108 Å². The van der Waals surface area contributed by atoms with E-state index < -0.39 is 0 Å². The van der Waals surface area contributed by atoms with Crippen LogP contribution in [0.2, 0.25) is 0 Å². The van der Waals surface area contributed by atoms with Gasteiger partial charge in [0.05, 0.1) is 6.61 Å². The maximum atomic E-state index is 12.3. The summed E-state index contributed by atoms with van der Waals surface area (Å²) in [4.78, 5) is 14.2. The van der Waals surface area contributed by atoms with Gasteiger partial charge in [-0.3, -0.25) is 4.79 Å². The van der Waals surface area contributed by atoms with Crippen LogP contribution in [0.15, 0.2) is 18.2 Å². The van der Waals surface area contributed by atoms with E-state index in [9.17, 15) is 4.79 Å². The number of benzene rings is 1. The molecule has 1 aliphatic rings. The van der Waals surface area contributed by atoms with E-state index >= 15 is 0 Å². The number of nitrogens with zero attached hydrogens (tertiary/aromatic N) is 1. The molecule has 1 aliphatic heterocycles. The summed E-state index contributed by atoms with van der Waals surface area (Å²) in [5.41, 5.74) is 6.99. The Morgan fingerprint density at radius 3 is 2.89 bits per heavy atom. The van der Waals surface area contributed by atoms with Crippen LogP contribution in [-0.2, 0) is 0 Å². The summed E-state index contributed by atoms with van der Waals surface area (Å²) in [6.45, 7) is 6.30. The summed E-state index contributed by atoms with van der Waals surface area (Å²) in [6, 6.07) is 5.23. The van der Waals surface area contributed by atoms with Gasteiger partial charge in [0.25, 0.3) is 5.91 Å². The molecule has 0 radical (unpaired) electrons. The average Bonchev–Trinajstić information content (AvgIpc) is 2.74. The van der Waals surface area contributed by atoms with Crippen molar-refractivity contribution in [1.82, 2.24) is 4.90 Å². The van der Waals surface area contributed by atoms with Crippen molar-refractivity contribution < 1.29 is 9.53 Å². The van der Waals surface area contributed by atoms with Crippen LogP contribution in [0.4, 0.5) is 5.69 Å². The van der Waals surface area contributed by atoms with Crippen LogP contribution in [0, 0.1) is 5.92 Å². The van der Waals surface area contributed by atoms with Crippen molar-refractivity contribution in [3.63, 3.8) is 0 Å². The SMILES string of the molecule is CCOc1cc(N)cc(C(=O)N2CCC(C)C2)c1. The minimum atomic E-state index is 0.0487. The molecule has 98 valence electrons. The van der Waals surface area contributed by atoms with Gasteiger partial charge in [-0.1, -0.05) is 6.92 Å². The van der Waals surface area contributed by atoms with Gasteiger partial charge in [0.1, 0.15) is 5.75 Å². The molecular formula is C14H20N2O2. The molecule has 0 spiro atoms. The fourth-order valence-electron chi connectivity index (χ4n) is 2.30. The molecule has 2 N–H and O–H groups in total. The number of ether oxygens (including phenoxy) is 1. The van der Waals surface area contributed by atoms with Crippen molar-refractivity contribution in [2.24, 2.45) is 5.92 Å². The van der Waals surface area contributed by atoms with Gasteiger partial charge in [0.15, 0.2) is 0 Å². The summed E-state index contributed by atoms with van der Waals surface area (Å²) in [5.74, 6) is 1.29. The number of amides is 1. The lowest BCUT2D eigenvalue weighted by molar-refractivity contribution is 0.0787. The topological polar surface area (TPSA) is 55.6 Å². The number of nitrogens with two attached hydrogens (primary N) is 1. The molecule has 1 aromatic carbocycles. The average molecular weight is 248 g/mol. The largest absolute Gasteiger partial charge is 0.494 e. The molecule has 18 heavy (non-hydrogen) atoms. The minimum absolute atomic E-state index is 0.0487. The Morgan fingerprint density at radius 2 is 2.28 bits per heavy atom. The third kappa shape index (κ3) is 2.75. The molecular weight excluding hydrogens is 228 g/mol. The second-order valence-corrected chi connectivity index (χ2v) is 4.87. The Hall–Kier alpha value is -1.71. The van der Waals surface area contributed by atoms with E-state index in [0.717, 1.165) is 19.5 Å². The number of hydrogen-bond donors (Lipinski definition) is 1. The van der Waals surface area contributed by atoms with E-state index in [1.54, 1.807) is 18.2 Å². The van der Waals surface area contributed by atoms with Gasteiger partial charge >= 0.3 is 0 Å². The minimum Gasteiger partial charge on any atom is -0.494 e. The first-order valence-electron chi connectivity index (χ1n) is 6.42. The van der Waals surface area contributed by atoms with E-state index in [1.807, 2.05) is 11.8 Å². The number of nitrogen functional groups attached to an aromatic ring is 1. The van der Waals surface area contributed by atoms with Gasteiger partial charge < -0.3 is 15.4 Å². The molecule has 1 unspecified atom stereocenters. The molecule has 0 bridgehead atoms. The quantitative estimate of drug-likeness (QED) is 0.834. The van der Waals surface area contributed by atoms with Crippen LogP contribution in [0.1, 0.15) is 30.6 Å². The summed E-state index contributed by atoms with van der Waals surface area (Å²) < 4.78 is 5.41. The fraction of sp³-hybridized carbons (Fsp3) is 0.500. The normalized spacial score (nSPS) is 19.0. The predicted molar refractivity (Wildman–Crippen MR) is 71.7 cm³/mol. The van der Waals surface area contributed by atoms with Gasteiger partial charge in [-0.2, -0.15) is 0 Å². The molecule has 1 atom stereocenters. The highest BCUT2D eigenvalue weighted by atomic mass is 16.5. The van der Waals surface area contributed by atoms with E-state index in [-0.39, 0.29) is 5.91 Å². The zero-order valence-electron chi connectivity index (χ0n) is 11.0. The maximum Gasteiger partial charge on any atom is 0.254 e. The number of anilines is 1. The van der Waals surface area contributed by atoms with Gasteiger partial charge in [-0.15, -0.1) is 0 Å². The first-order chi connectivity index (χ1) is 8.60. The highest BCUT2D eigenvalue weighted by molar-refractivity contribution is 5.95. The van der Waals surface area contributed by atoms with Gasteiger partial charge in [-0.25, -0.2) is 0 Å². The zero-order valence-corrected chi connectivity index (χ0v) is 11.0. The van der Waals surface area contributed by atoms with Crippen molar-refractivity contribution >= 4 is 11.6 Å². The van der Waals surface area contributed by atoms with Gasteiger partial charge in [0.2, 0.25) is 0 Å². The first kappa shape index (κ1) is 12.7. The molecule has 0 aromatic heterocycles. The molecule has 4 heteroatoms. The lowest BCUT2D eigenvalue weighted by atomic mass is 10.1. The summed E-state index contributed by atoms with van der Waals surface area (Å²) in [5, 5.41) is 0. The second-order valence-electron chi connectivity index (χ2n) is 4.87. The van der Waals surface area contributed by atoms with Gasteiger partial charge in [-0.05, 0) is 31.4 Å². The third-order valence-electron chi connectivity index (χ3n) is 3.20. The Balaban J connectivity index is 2.19. The van der Waals surface area contributed by atoms with E-state index in [0.29, 0.717) is 29.5 Å². The van der Waals surface area contributed by atoms with Crippen LogP contribution in [0.25, 0.3) is 0 Å². The Morgan fingerprint density at radius 1 is 1.50 bits per heavy atom. The molecule has 4 nitrogen and oxygen atoms in total. The number of carbonyl (C=O) groups is 1. The standard InChI is InChI=1S/C14H20N2O2/c1-3-18-13-7-11(6-12(15)8-13)14(17)16-5-4-10(2)9-16/h6-8,10H,3-5,9,15H2,1-2H3. The second kappa shape index (κ2) is 5.29. The van der Waals surface area contributed by atoms with Crippen molar-refractivity contribution in [3.8, 4) is 5.75 Å². The van der Waals surface area contributed by atoms with Crippen molar-refractivity contribution in [3.05, 3.63) is 23.8 Å². The number of carbonyl (C=O) groups excluding carboxylic acids is 1. The predicted octanol–water partition coefficient (Wildman–Crippen LogP) is 2.15. The van der Waals surface area contributed by atoms with Crippen molar-refractivity contribution in [2.75, 3.05) is 25.4 Å². The molecule has 1 aromatic rings. The zero-order chi connectivity index (χ0) is 13.1. The number of rotatable bonds is 3. The molecule has 1 saturated heterocycles. The summed E-state index contributed by atoms with van der Waals surface area (Å²) >= 11 is 0. The van der Waals surface area contributed by atoms with Crippen molar-refractivity contribution in [2.45, 2.75) is 20.3 Å². The summed E-state index contributed by atoms with van der Waals surface area (Å²) in [6.07, 6.45) is 1.08. The molecule has 2 rings (SSSR count). The lowest BCUT2D eigenvalue weighted by Gasteiger charge is -2.17. The van der Waals surface area contributed by atoms with Crippen LogP contribution in [0.5, 0.6) is 5.75 Å². The highest BCUT2D eigenvalue weighted by Crippen LogP contribution is 2.23. The van der Waals surface area contributed by atoms with Gasteiger partial charge in [0, 0.05) is 30.4 Å². The van der Waals surface area contributed by atoms with E-state index in [2.05, 4.69) is 6.92 Å². The third-order valence-corrected chi connectivity index (χ3v) is 3.20. The van der Waals surface area contributed by atoms with Crippen LogP contribution in [-0.4, -0.2) is 30.5 Å². The smallest absolute Gasteiger partial charge is 0.254 e. The lowest BCUT2D eigenvalue weighted by Crippen LogP contribution is -2.28. The number of likely N-dealkylation sites (tertiary alicyclic amines) is 1. The summed E-state index contributed by atoms with van der Waals surface area (Å²) in [7, 11) is 0. The number of hydrogen-bond acceptors (Lipinski definition) is 3. The molecule has 1 fully saturated rings. The van der Waals surface area contributed by atoms with Crippen LogP contribution in [0.3, 0.4) is 0 Å². The van der Waals surface area contributed by atoms with Crippen LogP contribution >= 0.6 is 0 Å². The molecule has 1 amide bonds. The monoisotopic (exact) mass is 248 g/mol. The molecule has 0 aliphatic carbocycles. The van der Waals surface area contributed by atoms with Crippen LogP contribution < -0.4 is 10.5 Å². The van der Waals surface area contributed by atoms with E-state index in [4.69, 9.17) is 10.5 Å². The fourth-order valence-corrected chi connectivity index (χ4v) is 2.30. The molecule has 1 heterocycles. The van der Waals surface area contributed by atoms with E-state index in [1.165, 1.54) is 0 Å². The first-order valence-corrected chi connectivity index (χ1v) is 6.42. The highest BCUT2D eigenvalue weighted by Gasteiger charge is 2.24. The Bertz CT molecular complexity index is 445. The molecule has 0 saturated carbocycles. The maximum absolute atomic E-state index is 12.3. The van der Waals surface area contributed by atoms with Crippen molar-refractivity contribution in [1.29, 1.82) is 0 Å².